The third kappa shape index (κ3) is 5.10. The summed E-state index contributed by atoms with van der Waals surface area (Å²) in [6.07, 6.45) is 1.03. The number of carbonyl (C=O) groups is 1. The van der Waals surface area contributed by atoms with Crippen LogP contribution in [0.25, 0.3) is 0 Å². The Labute approximate surface area is 140 Å². The van der Waals surface area contributed by atoms with Gasteiger partial charge in [-0.15, -0.1) is 0 Å². The predicted molar refractivity (Wildman–Crippen MR) is 58.4 cm³/mol. The van der Waals surface area contributed by atoms with Gasteiger partial charge < -0.3 is 9.90 Å². The minimum Gasteiger partial charge on any atom is -0.550 e. The number of benzene rings is 1. The molecule has 0 fully saturated rings. The molecule has 1 aromatic rings. The molecule has 16 heavy (non-hydrogen) atoms. The van der Waals surface area contributed by atoms with Crippen LogP contribution < -0.4 is 56.5 Å². The number of hydrogen-bond donors (Lipinski definition) is 0. The molecule has 0 aliphatic carbocycles. The van der Waals surface area contributed by atoms with Crippen LogP contribution >= 0.6 is 0 Å². The van der Waals surface area contributed by atoms with Crippen molar-refractivity contribution in [3.8, 4) is 0 Å². The molecule has 1 aromatic carbocycles. The van der Waals surface area contributed by atoms with E-state index in [-0.39, 0.29) is 51.4 Å². The first-order chi connectivity index (χ1) is 7.00. The first-order valence-electron chi connectivity index (χ1n) is 5.30. The number of carboxylic acids is 1. The molecular weight excluding hydrogens is 227 g/mol. The van der Waals surface area contributed by atoms with Crippen LogP contribution in [0.1, 0.15) is 37.8 Å². The second-order valence-electron chi connectivity index (χ2n) is 4.38. The van der Waals surface area contributed by atoms with E-state index in [9.17, 15) is 9.90 Å². The van der Waals surface area contributed by atoms with E-state index < -0.39 is 11.9 Å². The van der Waals surface area contributed by atoms with E-state index in [2.05, 4.69) is 13.8 Å². The Bertz CT molecular complexity index is 330. The molecule has 0 heterocycles. The molecule has 0 unspecified atom stereocenters. The average molecular weight is 244 g/mol. The van der Waals surface area contributed by atoms with Crippen LogP contribution in [-0.2, 0) is 11.2 Å². The second-order valence-corrected chi connectivity index (χ2v) is 4.38. The van der Waals surface area contributed by atoms with Gasteiger partial charge in [0.05, 0.1) is 0 Å². The fourth-order valence-electron chi connectivity index (χ4n) is 1.55. The number of carboxylic acid groups (broad SMARTS) is 1. The Hall–Kier alpha value is 0.326. The molecule has 0 N–H and O–H groups in total. The van der Waals surface area contributed by atoms with Crippen molar-refractivity contribution in [2.45, 2.75) is 33.1 Å². The zero-order valence-corrected chi connectivity index (χ0v) is 13.6. The Balaban J connectivity index is 0.00000225. The molecule has 2 nitrogen and oxygen atoms in total. The summed E-state index contributed by atoms with van der Waals surface area (Å²) in [5.74, 6) is -0.931. The summed E-state index contributed by atoms with van der Waals surface area (Å²) in [4.78, 5) is 10.7. The van der Waals surface area contributed by atoms with Gasteiger partial charge in [0.2, 0.25) is 0 Å². The molecular formula is C13H17KO2. The summed E-state index contributed by atoms with van der Waals surface area (Å²) in [6.45, 7) is 5.97. The van der Waals surface area contributed by atoms with Crippen LogP contribution in [0, 0.1) is 5.92 Å². The number of aliphatic carboxylic acids is 1. The topological polar surface area (TPSA) is 40.1 Å². The van der Waals surface area contributed by atoms with Crippen LogP contribution in [0.5, 0.6) is 0 Å². The van der Waals surface area contributed by atoms with Gasteiger partial charge in [-0.2, -0.15) is 0 Å². The summed E-state index contributed by atoms with van der Waals surface area (Å²) in [7, 11) is 0. The van der Waals surface area contributed by atoms with Gasteiger partial charge in [0, 0.05) is 11.9 Å². The van der Waals surface area contributed by atoms with Gasteiger partial charge in [0.1, 0.15) is 0 Å². The molecule has 82 valence electrons. The van der Waals surface area contributed by atoms with Crippen LogP contribution in [0.15, 0.2) is 24.3 Å². The summed E-state index contributed by atoms with van der Waals surface area (Å²) < 4.78 is 0. The quantitative estimate of drug-likeness (QED) is 0.621. The molecule has 0 aromatic heterocycles. The van der Waals surface area contributed by atoms with E-state index in [1.807, 2.05) is 24.3 Å². The molecule has 0 bridgehead atoms. The standard InChI is InChI=1S/C13H18O2.K/c1-9(2)8-11-4-6-12(7-5-11)10(3)13(14)15;/h4-7,9-10H,8H2,1-3H3,(H,14,15);/q;+1/p-1/t10-;/m1./s1. The molecule has 0 saturated heterocycles. The van der Waals surface area contributed by atoms with Crippen molar-refractivity contribution in [2.75, 3.05) is 0 Å². The van der Waals surface area contributed by atoms with Gasteiger partial charge in [-0.3, -0.25) is 0 Å². The van der Waals surface area contributed by atoms with E-state index >= 15 is 0 Å². The van der Waals surface area contributed by atoms with Gasteiger partial charge in [0.25, 0.3) is 0 Å². The second kappa shape index (κ2) is 7.61. The fourth-order valence-corrected chi connectivity index (χ4v) is 1.55. The maximum absolute atomic E-state index is 10.7. The molecule has 1 rings (SSSR count). The van der Waals surface area contributed by atoms with Crippen LogP contribution in [-0.4, -0.2) is 5.97 Å². The van der Waals surface area contributed by atoms with Crippen molar-refractivity contribution in [3.05, 3.63) is 35.4 Å². The van der Waals surface area contributed by atoms with Gasteiger partial charge in [-0.25, -0.2) is 0 Å². The van der Waals surface area contributed by atoms with E-state index in [0.717, 1.165) is 12.0 Å². The van der Waals surface area contributed by atoms with Crippen molar-refractivity contribution in [2.24, 2.45) is 5.92 Å². The smallest absolute Gasteiger partial charge is 0.550 e. The Kier molecular flexibility index (Phi) is 7.77. The van der Waals surface area contributed by atoms with E-state index in [0.29, 0.717) is 5.92 Å². The zero-order chi connectivity index (χ0) is 11.4. The maximum Gasteiger partial charge on any atom is 1.00 e. The van der Waals surface area contributed by atoms with Gasteiger partial charge >= 0.3 is 51.4 Å². The molecule has 0 aliphatic rings. The predicted octanol–water partition coefficient (Wildman–Crippen LogP) is -1.26. The monoisotopic (exact) mass is 244 g/mol. The summed E-state index contributed by atoms with van der Waals surface area (Å²) >= 11 is 0. The van der Waals surface area contributed by atoms with Crippen molar-refractivity contribution in [1.29, 1.82) is 0 Å². The summed E-state index contributed by atoms with van der Waals surface area (Å²) in [6, 6.07) is 7.74. The molecule has 0 saturated carbocycles. The van der Waals surface area contributed by atoms with E-state index in [1.54, 1.807) is 6.92 Å². The van der Waals surface area contributed by atoms with E-state index in [1.165, 1.54) is 5.56 Å². The minimum atomic E-state index is -1.02. The van der Waals surface area contributed by atoms with Crippen LogP contribution in [0.4, 0.5) is 0 Å². The third-order valence-corrected chi connectivity index (χ3v) is 2.48. The molecule has 0 radical (unpaired) electrons. The first kappa shape index (κ1) is 16.3. The Morgan fingerprint density at radius 3 is 2.06 bits per heavy atom. The maximum atomic E-state index is 10.7. The van der Waals surface area contributed by atoms with Crippen LogP contribution in [0.2, 0.25) is 0 Å². The van der Waals surface area contributed by atoms with Crippen molar-refractivity contribution < 1.29 is 61.3 Å². The van der Waals surface area contributed by atoms with Crippen molar-refractivity contribution in [1.82, 2.24) is 0 Å². The van der Waals surface area contributed by atoms with Crippen molar-refractivity contribution >= 4 is 5.97 Å². The van der Waals surface area contributed by atoms with Crippen molar-refractivity contribution in [3.63, 3.8) is 0 Å². The van der Waals surface area contributed by atoms with Gasteiger partial charge in [-0.1, -0.05) is 45.0 Å². The van der Waals surface area contributed by atoms with Gasteiger partial charge in [0.15, 0.2) is 0 Å². The molecule has 0 amide bonds. The largest absolute Gasteiger partial charge is 1.00 e. The third-order valence-electron chi connectivity index (χ3n) is 2.48. The summed E-state index contributed by atoms with van der Waals surface area (Å²) in [5, 5.41) is 10.7. The summed E-state index contributed by atoms with van der Waals surface area (Å²) in [5.41, 5.74) is 2.06. The number of hydrogen-bond acceptors (Lipinski definition) is 2. The number of rotatable bonds is 4. The SMILES string of the molecule is CC(C)Cc1ccc([C@@H](C)C(=O)[O-])cc1.[K+]. The van der Waals surface area contributed by atoms with Crippen LogP contribution in [0.3, 0.4) is 0 Å². The zero-order valence-electron chi connectivity index (χ0n) is 10.5. The molecule has 0 spiro atoms. The van der Waals surface area contributed by atoms with E-state index in [4.69, 9.17) is 0 Å². The number of carbonyl (C=O) groups excluding carboxylic acids is 1. The Morgan fingerprint density at radius 1 is 1.19 bits per heavy atom. The fraction of sp³-hybridized carbons (Fsp3) is 0.462. The molecule has 1 atom stereocenters. The molecule has 0 aliphatic heterocycles. The Morgan fingerprint density at radius 2 is 1.69 bits per heavy atom. The first-order valence-corrected chi connectivity index (χ1v) is 5.30. The normalized spacial score (nSPS) is 12.0. The van der Waals surface area contributed by atoms with Gasteiger partial charge in [-0.05, 0) is 23.5 Å². The minimum absolute atomic E-state index is 0. The molecule has 3 heteroatoms. The average Bonchev–Trinajstić information content (AvgIpc) is 2.17.